The molecule has 0 fully saturated rings. The maximum absolute atomic E-state index is 13.1. The standard InChI is InChI=1S/C22H24ClNO3/c1-5-9-27-21(26)18-13(2)24-16-11-22(3,4)12-17(25)20(16)19(18)14-7-6-8-15(23)10-14/h5-8,10,19,24H,1,9,11-12H2,2-4H3. The maximum atomic E-state index is 13.1. The summed E-state index contributed by atoms with van der Waals surface area (Å²) in [6, 6.07) is 7.32. The number of ketones is 1. The van der Waals surface area contributed by atoms with Crippen molar-refractivity contribution >= 4 is 23.4 Å². The molecule has 1 unspecified atom stereocenters. The van der Waals surface area contributed by atoms with E-state index in [2.05, 4.69) is 25.7 Å². The molecule has 27 heavy (non-hydrogen) atoms. The molecule has 3 rings (SSSR count). The van der Waals surface area contributed by atoms with Crippen LogP contribution in [0.15, 0.2) is 59.5 Å². The van der Waals surface area contributed by atoms with Crippen LogP contribution < -0.4 is 5.32 Å². The fraction of sp³-hybridized carbons (Fsp3) is 0.364. The van der Waals surface area contributed by atoms with Gasteiger partial charge in [0.25, 0.3) is 0 Å². The molecule has 0 amide bonds. The van der Waals surface area contributed by atoms with E-state index in [1.54, 1.807) is 6.07 Å². The lowest BCUT2D eigenvalue weighted by Gasteiger charge is -2.39. The van der Waals surface area contributed by atoms with Crippen molar-refractivity contribution in [3.8, 4) is 0 Å². The second-order valence-corrected chi connectivity index (χ2v) is 8.31. The molecule has 4 nitrogen and oxygen atoms in total. The average molecular weight is 386 g/mol. The third-order valence-electron chi connectivity index (χ3n) is 4.97. The zero-order valence-electron chi connectivity index (χ0n) is 15.9. The van der Waals surface area contributed by atoms with Crippen molar-refractivity contribution in [3.63, 3.8) is 0 Å². The Hall–Kier alpha value is -2.33. The van der Waals surface area contributed by atoms with Crippen LogP contribution in [0.5, 0.6) is 0 Å². The van der Waals surface area contributed by atoms with Crippen LogP contribution in [-0.2, 0) is 14.3 Å². The molecule has 5 heteroatoms. The highest BCUT2D eigenvalue weighted by atomic mass is 35.5. The van der Waals surface area contributed by atoms with E-state index in [0.29, 0.717) is 28.3 Å². The first-order valence-electron chi connectivity index (χ1n) is 9.01. The molecule has 1 atom stereocenters. The highest BCUT2D eigenvalue weighted by molar-refractivity contribution is 6.30. The number of esters is 1. The largest absolute Gasteiger partial charge is 0.458 e. The normalized spacial score (nSPS) is 21.5. The van der Waals surface area contributed by atoms with Gasteiger partial charge in [-0.05, 0) is 36.5 Å². The lowest BCUT2D eigenvalue weighted by Crippen LogP contribution is -2.38. The van der Waals surface area contributed by atoms with Crippen LogP contribution in [-0.4, -0.2) is 18.4 Å². The molecule has 1 aliphatic heterocycles. The topological polar surface area (TPSA) is 55.4 Å². The molecule has 1 aromatic rings. The summed E-state index contributed by atoms with van der Waals surface area (Å²) in [4.78, 5) is 25.9. The SMILES string of the molecule is C=CCOC(=O)C1=C(C)NC2=C(C(=O)CC(C)(C)C2)C1c1cccc(Cl)c1. The molecule has 142 valence electrons. The first-order chi connectivity index (χ1) is 12.7. The van der Waals surface area contributed by atoms with Gasteiger partial charge in [0.15, 0.2) is 5.78 Å². The minimum atomic E-state index is -0.485. The van der Waals surface area contributed by atoms with E-state index in [-0.39, 0.29) is 17.8 Å². The molecule has 1 aromatic carbocycles. The number of rotatable bonds is 4. The van der Waals surface area contributed by atoms with E-state index < -0.39 is 11.9 Å². The van der Waals surface area contributed by atoms with Crippen LogP contribution in [0.4, 0.5) is 0 Å². The zero-order chi connectivity index (χ0) is 19.8. The van der Waals surface area contributed by atoms with E-state index in [1.807, 2.05) is 25.1 Å². The van der Waals surface area contributed by atoms with E-state index >= 15 is 0 Å². The van der Waals surface area contributed by atoms with Crippen LogP contribution >= 0.6 is 11.6 Å². The first-order valence-corrected chi connectivity index (χ1v) is 9.39. The monoisotopic (exact) mass is 385 g/mol. The quantitative estimate of drug-likeness (QED) is 0.604. The molecular formula is C22H24ClNO3. The van der Waals surface area contributed by atoms with E-state index in [1.165, 1.54) is 6.08 Å². The van der Waals surface area contributed by atoms with Crippen LogP contribution in [0, 0.1) is 5.41 Å². The number of nitrogens with one attached hydrogen (secondary N) is 1. The predicted octanol–water partition coefficient (Wildman–Crippen LogP) is 4.67. The third kappa shape index (κ3) is 3.86. The van der Waals surface area contributed by atoms with E-state index in [9.17, 15) is 9.59 Å². The lowest BCUT2D eigenvalue weighted by molar-refractivity contribution is -0.138. The Balaban J connectivity index is 2.15. The summed E-state index contributed by atoms with van der Waals surface area (Å²) in [5, 5.41) is 3.87. The summed E-state index contributed by atoms with van der Waals surface area (Å²) in [5.74, 6) is -0.879. The second kappa shape index (κ2) is 7.35. The van der Waals surface area contributed by atoms with Gasteiger partial charge in [-0.15, -0.1) is 0 Å². The van der Waals surface area contributed by atoms with Gasteiger partial charge >= 0.3 is 5.97 Å². The van der Waals surface area contributed by atoms with Crippen molar-refractivity contribution in [1.29, 1.82) is 0 Å². The van der Waals surface area contributed by atoms with Crippen molar-refractivity contribution in [3.05, 3.63) is 70.0 Å². The van der Waals surface area contributed by atoms with Gasteiger partial charge in [0.1, 0.15) is 6.61 Å². The number of ether oxygens (including phenoxy) is 1. The molecule has 2 aliphatic rings. The Morgan fingerprint density at radius 2 is 2.15 bits per heavy atom. The average Bonchev–Trinajstić information content (AvgIpc) is 2.57. The number of benzene rings is 1. The predicted molar refractivity (Wildman–Crippen MR) is 106 cm³/mol. The number of allylic oxidation sites excluding steroid dienone is 3. The number of carbonyl (C=O) groups is 2. The van der Waals surface area contributed by atoms with Crippen LogP contribution in [0.25, 0.3) is 0 Å². The van der Waals surface area contributed by atoms with Crippen molar-refractivity contribution in [1.82, 2.24) is 5.32 Å². The molecule has 0 spiro atoms. The molecule has 1 heterocycles. The van der Waals surface area contributed by atoms with Gasteiger partial charge in [0, 0.05) is 34.3 Å². The van der Waals surface area contributed by atoms with Gasteiger partial charge in [-0.25, -0.2) is 4.79 Å². The lowest BCUT2D eigenvalue weighted by atomic mass is 9.68. The summed E-state index contributed by atoms with van der Waals surface area (Å²) < 4.78 is 5.32. The van der Waals surface area contributed by atoms with Crippen LogP contribution in [0.1, 0.15) is 45.1 Å². The smallest absolute Gasteiger partial charge is 0.337 e. The molecule has 0 bridgehead atoms. The number of hydrogen-bond acceptors (Lipinski definition) is 4. The Labute approximate surface area is 164 Å². The maximum Gasteiger partial charge on any atom is 0.337 e. The van der Waals surface area contributed by atoms with Gasteiger partial charge < -0.3 is 10.1 Å². The molecule has 1 aliphatic carbocycles. The van der Waals surface area contributed by atoms with Gasteiger partial charge in [0.05, 0.1) is 5.57 Å². The number of halogens is 1. The van der Waals surface area contributed by atoms with E-state index in [4.69, 9.17) is 16.3 Å². The summed E-state index contributed by atoms with van der Waals surface area (Å²) in [6.07, 6.45) is 2.72. The molecule has 0 saturated carbocycles. The Morgan fingerprint density at radius 3 is 2.81 bits per heavy atom. The Bertz CT molecular complexity index is 879. The van der Waals surface area contributed by atoms with Gasteiger partial charge in [-0.3, -0.25) is 4.79 Å². The molecule has 0 aromatic heterocycles. The molecule has 0 saturated heterocycles. The summed E-state index contributed by atoms with van der Waals surface area (Å²) in [5.41, 5.74) is 3.38. The van der Waals surface area contributed by atoms with E-state index in [0.717, 1.165) is 17.7 Å². The number of Topliss-reactive ketones (excluding diaryl/α,β-unsaturated/α-hetero) is 1. The van der Waals surface area contributed by atoms with Crippen molar-refractivity contribution < 1.29 is 14.3 Å². The first kappa shape index (κ1) is 19.4. The van der Waals surface area contributed by atoms with Crippen LogP contribution in [0.2, 0.25) is 5.02 Å². The molecular weight excluding hydrogens is 362 g/mol. The number of carbonyl (C=O) groups excluding carboxylic acids is 2. The fourth-order valence-electron chi connectivity index (χ4n) is 3.94. The third-order valence-corrected chi connectivity index (χ3v) is 5.21. The van der Waals surface area contributed by atoms with Crippen molar-refractivity contribution in [2.45, 2.75) is 39.5 Å². The number of hydrogen-bond donors (Lipinski definition) is 1. The zero-order valence-corrected chi connectivity index (χ0v) is 16.7. The van der Waals surface area contributed by atoms with Crippen molar-refractivity contribution in [2.75, 3.05) is 6.61 Å². The van der Waals surface area contributed by atoms with Crippen molar-refractivity contribution in [2.24, 2.45) is 5.41 Å². The summed E-state index contributed by atoms with van der Waals surface area (Å²) >= 11 is 6.21. The van der Waals surface area contributed by atoms with Gasteiger partial charge in [-0.2, -0.15) is 0 Å². The van der Waals surface area contributed by atoms with Gasteiger partial charge in [-0.1, -0.05) is 50.2 Å². The van der Waals surface area contributed by atoms with Crippen LogP contribution in [0.3, 0.4) is 0 Å². The highest BCUT2D eigenvalue weighted by Crippen LogP contribution is 2.47. The Kier molecular flexibility index (Phi) is 5.29. The molecule has 1 N–H and O–H groups in total. The second-order valence-electron chi connectivity index (χ2n) is 7.87. The minimum Gasteiger partial charge on any atom is -0.458 e. The van der Waals surface area contributed by atoms with Gasteiger partial charge in [0.2, 0.25) is 0 Å². The summed E-state index contributed by atoms with van der Waals surface area (Å²) in [6.45, 7) is 9.71. The summed E-state index contributed by atoms with van der Waals surface area (Å²) in [7, 11) is 0. The Morgan fingerprint density at radius 1 is 1.41 bits per heavy atom. The minimum absolute atomic E-state index is 0.0558. The highest BCUT2D eigenvalue weighted by Gasteiger charge is 2.43. The number of dihydropyridines is 1. The molecule has 0 radical (unpaired) electrons. The fourth-order valence-corrected chi connectivity index (χ4v) is 4.14.